The van der Waals surface area contributed by atoms with Gasteiger partial charge in [-0.2, -0.15) is 0 Å². The molecule has 4 aromatic carbocycles. The van der Waals surface area contributed by atoms with Crippen molar-refractivity contribution in [2.45, 2.75) is 32.4 Å². The second-order valence-electron chi connectivity index (χ2n) is 8.86. The Balaban J connectivity index is 1.59. The third-order valence-corrected chi connectivity index (χ3v) is 7.52. The Bertz CT molecular complexity index is 1560. The van der Waals surface area contributed by atoms with Crippen LogP contribution in [0.2, 0.25) is 0 Å². The first-order chi connectivity index (χ1) is 17.2. The fraction of sp³-hybridized carbons (Fsp3) is 0.207. The normalized spacial score (nSPS) is 17.0. The molecule has 1 N–H and O–H groups in total. The summed E-state index contributed by atoms with van der Waals surface area (Å²) in [7, 11) is 0. The fourth-order valence-corrected chi connectivity index (χ4v) is 5.78. The molecular weight excluding hydrogens is 452 g/mol. The van der Waals surface area contributed by atoms with Crippen molar-refractivity contribution < 1.29 is 4.79 Å². The van der Waals surface area contributed by atoms with Crippen molar-refractivity contribution in [2.75, 3.05) is 5.75 Å². The van der Waals surface area contributed by atoms with E-state index in [2.05, 4.69) is 66.8 Å². The number of amides is 1. The average Bonchev–Trinajstić information content (AvgIpc) is 2.89. The Kier molecular flexibility index (Phi) is 5.74. The zero-order valence-electron chi connectivity index (χ0n) is 19.6. The molecule has 6 rings (SSSR count). The molecular formula is C29H26N4OS. The van der Waals surface area contributed by atoms with Gasteiger partial charge in [-0.1, -0.05) is 98.3 Å². The van der Waals surface area contributed by atoms with Gasteiger partial charge in [-0.05, 0) is 40.1 Å². The minimum Gasteiger partial charge on any atom is -0.298 e. The van der Waals surface area contributed by atoms with E-state index in [1.807, 2.05) is 29.3 Å². The number of para-hydroxylation sites is 1. The molecule has 1 atom stereocenters. The van der Waals surface area contributed by atoms with E-state index in [1.54, 1.807) is 11.8 Å². The molecule has 0 unspecified atom stereocenters. The quantitative estimate of drug-likeness (QED) is 0.322. The Morgan fingerprint density at radius 1 is 0.914 bits per heavy atom. The topological polar surface area (TPSA) is 57.1 Å². The molecule has 5 nitrogen and oxygen atoms in total. The number of benzene rings is 4. The standard InChI is InChI=1S/C29H26N4OS/c1-2-3-10-17-35-29-31-28(34)26-23-15-8-9-16-24(23)30-27(33(26)32-29)25-21-13-6-4-11-19(21)18-20-12-5-7-14-22(20)25/h4-9,11-16,18,27H,2-3,10,17H2,1H3,(H,31,32,34)/t27-/m0/s1. The van der Waals surface area contributed by atoms with Gasteiger partial charge in [-0.25, -0.2) is 5.01 Å². The number of hydrogen-bond acceptors (Lipinski definition) is 5. The maximum Gasteiger partial charge on any atom is 0.276 e. The number of carbonyl (C=O) groups is 1. The lowest BCUT2D eigenvalue weighted by Crippen LogP contribution is -2.50. The summed E-state index contributed by atoms with van der Waals surface area (Å²) < 4.78 is 0. The highest BCUT2D eigenvalue weighted by Gasteiger charge is 2.35. The van der Waals surface area contributed by atoms with Crippen LogP contribution in [0.3, 0.4) is 0 Å². The summed E-state index contributed by atoms with van der Waals surface area (Å²) in [5.41, 5.74) is 1.62. The SMILES string of the molecule is CCCCCSC1=NN2C(=c3ccccc3=N[C@@H]2c2c3ccccc3cc3ccccc23)C(=O)N1. The summed E-state index contributed by atoms with van der Waals surface area (Å²) in [5, 5.41) is 16.7. The highest BCUT2D eigenvalue weighted by Crippen LogP contribution is 2.39. The van der Waals surface area contributed by atoms with Crippen molar-refractivity contribution in [3.05, 3.63) is 95.0 Å². The third kappa shape index (κ3) is 3.88. The first kappa shape index (κ1) is 21.9. The van der Waals surface area contributed by atoms with E-state index in [1.165, 1.54) is 6.42 Å². The predicted molar refractivity (Wildman–Crippen MR) is 144 cm³/mol. The molecule has 0 bridgehead atoms. The molecule has 2 aliphatic heterocycles. The minimum atomic E-state index is -0.451. The van der Waals surface area contributed by atoms with Crippen molar-refractivity contribution in [3.8, 4) is 0 Å². The van der Waals surface area contributed by atoms with Crippen molar-refractivity contribution in [3.63, 3.8) is 0 Å². The van der Waals surface area contributed by atoms with Gasteiger partial charge < -0.3 is 0 Å². The Morgan fingerprint density at radius 3 is 2.34 bits per heavy atom. The monoisotopic (exact) mass is 478 g/mol. The number of nitrogens with zero attached hydrogens (tertiary/aromatic N) is 3. The average molecular weight is 479 g/mol. The highest BCUT2D eigenvalue weighted by atomic mass is 32.2. The molecule has 0 saturated carbocycles. The van der Waals surface area contributed by atoms with Gasteiger partial charge in [-0.3, -0.25) is 15.1 Å². The summed E-state index contributed by atoms with van der Waals surface area (Å²) in [6.45, 7) is 2.19. The third-order valence-electron chi connectivity index (χ3n) is 6.57. The summed E-state index contributed by atoms with van der Waals surface area (Å²) in [4.78, 5) is 18.7. The van der Waals surface area contributed by atoms with Gasteiger partial charge in [-0.15, -0.1) is 5.10 Å². The van der Waals surface area contributed by atoms with E-state index in [9.17, 15) is 4.79 Å². The van der Waals surface area contributed by atoms with E-state index in [4.69, 9.17) is 10.1 Å². The number of rotatable bonds is 5. The van der Waals surface area contributed by atoms with Crippen LogP contribution in [-0.2, 0) is 4.79 Å². The molecule has 4 aromatic rings. The molecule has 35 heavy (non-hydrogen) atoms. The van der Waals surface area contributed by atoms with E-state index in [0.29, 0.717) is 10.9 Å². The molecule has 6 heteroatoms. The molecule has 2 aliphatic rings. The minimum absolute atomic E-state index is 0.130. The zero-order chi connectivity index (χ0) is 23.8. The smallest absolute Gasteiger partial charge is 0.276 e. The number of hydrogen-bond donors (Lipinski definition) is 1. The van der Waals surface area contributed by atoms with Crippen molar-refractivity contribution in [2.24, 2.45) is 10.1 Å². The van der Waals surface area contributed by atoms with E-state index >= 15 is 0 Å². The molecule has 0 aliphatic carbocycles. The lowest BCUT2D eigenvalue weighted by atomic mass is 9.94. The molecule has 0 spiro atoms. The van der Waals surface area contributed by atoms with Crippen LogP contribution in [0, 0.1) is 0 Å². The molecule has 1 amide bonds. The number of carbonyl (C=O) groups excluding carboxylic acids is 1. The van der Waals surface area contributed by atoms with Crippen LogP contribution >= 0.6 is 11.8 Å². The molecule has 174 valence electrons. The fourth-order valence-electron chi connectivity index (χ4n) is 4.93. The Morgan fingerprint density at radius 2 is 1.60 bits per heavy atom. The van der Waals surface area contributed by atoms with Crippen molar-refractivity contribution >= 4 is 50.1 Å². The van der Waals surface area contributed by atoms with Gasteiger partial charge >= 0.3 is 0 Å². The van der Waals surface area contributed by atoms with Crippen LogP contribution in [0.25, 0.3) is 27.2 Å². The van der Waals surface area contributed by atoms with Gasteiger partial charge in [0.25, 0.3) is 5.91 Å². The zero-order valence-corrected chi connectivity index (χ0v) is 20.4. The summed E-state index contributed by atoms with van der Waals surface area (Å²) >= 11 is 1.60. The number of fused-ring (bicyclic) bond motifs is 4. The molecule has 0 radical (unpaired) electrons. The van der Waals surface area contributed by atoms with E-state index < -0.39 is 6.17 Å². The molecule has 0 aromatic heterocycles. The molecule has 0 saturated heterocycles. The van der Waals surface area contributed by atoms with Crippen LogP contribution < -0.4 is 15.9 Å². The number of hydrazone groups is 1. The number of thioether (sulfide) groups is 1. The Labute approximate surface area is 208 Å². The van der Waals surface area contributed by atoms with Gasteiger partial charge in [0.15, 0.2) is 11.3 Å². The lowest BCUT2D eigenvalue weighted by molar-refractivity contribution is -0.116. The maximum atomic E-state index is 13.5. The molecule has 2 heterocycles. The summed E-state index contributed by atoms with van der Waals surface area (Å²) in [5.74, 6) is 0.793. The Hall–Kier alpha value is -3.64. The number of amidine groups is 1. The van der Waals surface area contributed by atoms with Gasteiger partial charge in [0, 0.05) is 16.5 Å². The van der Waals surface area contributed by atoms with E-state index in [0.717, 1.165) is 56.3 Å². The van der Waals surface area contributed by atoms with Crippen LogP contribution in [0.5, 0.6) is 0 Å². The number of nitrogens with one attached hydrogen (secondary N) is 1. The highest BCUT2D eigenvalue weighted by molar-refractivity contribution is 8.13. The van der Waals surface area contributed by atoms with Crippen LogP contribution in [0.15, 0.2) is 89.0 Å². The number of unbranched alkanes of at least 4 members (excludes halogenated alkanes) is 2. The first-order valence-corrected chi connectivity index (χ1v) is 13.1. The first-order valence-electron chi connectivity index (χ1n) is 12.1. The van der Waals surface area contributed by atoms with Crippen molar-refractivity contribution in [1.82, 2.24) is 10.3 Å². The van der Waals surface area contributed by atoms with Crippen LogP contribution in [-0.4, -0.2) is 21.8 Å². The van der Waals surface area contributed by atoms with Gasteiger partial charge in [0.1, 0.15) is 5.70 Å². The maximum absolute atomic E-state index is 13.5. The lowest BCUT2D eigenvalue weighted by Gasteiger charge is -2.35. The second kappa shape index (κ2) is 9.19. The summed E-state index contributed by atoms with van der Waals surface area (Å²) in [6.07, 6.45) is 2.98. The van der Waals surface area contributed by atoms with Gasteiger partial charge in [0.2, 0.25) is 0 Å². The summed E-state index contributed by atoms with van der Waals surface area (Å²) in [6, 6.07) is 26.8. The van der Waals surface area contributed by atoms with Crippen molar-refractivity contribution in [1.29, 1.82) is 0 Å². The van der Waals surface area contributed by atoms with Crippen LogP contribution in [0.4, 0.5) is 0 Å². The van der Waals surface area contributed by atoms with Crippen LogP contribution in [0.1, 0.15) is 37.9 Å². The molecule has 0 fully saturated rings. The van der Waals surface area contributed by atoms with Gasteiger partial charge in [0.05, 0.1) is 5.36 Å². The second-order valence-corrected chi connectivity index (χ2v) is 9.94. The predicted octanol–water partition coefficient (Wildman–Crippen LogP) is 5.06. The largest absolute Gasteiger partial charge is 0.298 e. The van der Waals surface area contributed by atoms with E-state index in [-0.39, 0.29) is 5.91 Å².